The fourth-order valence-electron chi connectivity index (χ4n) is 2.61. The van der Waals surface area contributed by atoms with Crippen molar-refractivity contribution >= 4 is 11.3 Å². The minimum Gasteiger partial charge on any atom is -0.462 e. The van der Waals surface area contributed by atoms with Crippen molar-refractivity contribution in [2.75, 3.05) is 19.6 Å². The molecule has 102 valence electrons. The summed E-state index contributed by atoms with van der Waals surface area (Å²) in [4.78, 5) is 7.11. The molecule has 2 N–H and O–H groups in total. The molecule has 0 aromatic carbocycles. The van der Waals surface area contributed by atoms with Crippen molar-refractivity contribution in [1.82, 2.24) is 9.88 Å². The molecule has 0 saturated carbocycles. The molecule has 0 amide bonds. The summed E-state index contributed by atoms with van der Waals surface area (Å²) >= 11 is 1.65. The van der Waals surface area contributed by atoms with E-state index in [-0.39, 0.29) is 0 Å². The van der Waals surface area contributed by atoms with E-state index in [4.69, 9.17) is 10.2 Å². The Labute approximate surface area is 117 Å². The molecule has 1 saturated heterocycles. The van der Waals surface area contributed by atoms with Crippen molar-refractivity contribution in [2.24, 2.45) is 11.7 Å². The first-order chi connectivity index (χ1) is 9.35. The molecule has 1 aliphatic heterocycles. The van der Waals surface area contributed by atoms with Gasteiger partial charge in [-0.15, -0.1) is 11.3 Å². The van der Waals surface area contributed by atoms with Gasteiger partial charge in [0, 0.05) is 18.5 Å². The summed E-state index contributed by atoms with van der Waals surface area (Å²) < 4.78 is 5.38. The number of hydrogen-bond donors (Lipinski definition) is 1. The lowest BCUT2D eigenvalue weighted by Gasteiger charge is -2.31. The molecule has 3 rings (SSSR count). The highest BCUT2D eigenvalue weighted by Gasteiger charge is 2.19. The van der Waals surface area contributed by atoms with Crippen molar-refractivity contribution in [3.63, 3.8) is 0 Å². The van der Waals surface area contributed by atoms with E-state index in [1.54, 1.807) is 17.6 Å². The van der Waals surface area contributed by atoms with E-state index in [2.05, 4.69) is 15.3 Å². The van der Waals surface area contributed by atoms with E-state index in [1.807, 2.05) is 12.1 Å². The molecule has 5 heteroatoms. The quantitative estimate of drug-likeness (QED) is 0.933. The molecule has 0 radical (unpaired) electrons. The van der Waals surface area contributed by atoms with Crippen LogP contribution in [-0.2, 0) is 6.54 Å². The third kappa shape index (κ3) is 3.05. The number of likely N-dealkylation sites (tertiary alicyclic amines) is 1. The zero-order valence-corrected chi connectivity index (χ0v) is 11.7. The molecule has 1 unspecified atom stereocenters. The van der Waals surface area contributed by atoms with Gasteiger partial charge in [0.25, 0.3) is 0 Å². The van der Waals surface area contributed by atoms with Crippen LogP contribution in [0.3, 0.4) is 0 Å². The summed E-state index contributed by atoms with van der Waals surface area (Å²) in [5.74, 6) is 1.51. The van der Waals surface area contributed by atoms with Gasteiger partial charge in [-0.1, -0.05) is 0 Å². The van der Waals surface area contributed by atoms with Crippen LogP contribution < -0.4 is 5.73 Å². The van der Waals surface area contributed by atoms with E-state index >= 15 is 0 Å². The number of rotatable bonds is 4. The van der Waals surface area contributed by atoms with Crippen LogP contribution in [0.15, 0.2) is 28.2 Å². The summed E-state index contributed by atoms with van der Waals surface area (Å²) in [6.45, 7) is 3.98. The Morgan fingerprint density at radius 3 is 3.26 bits per heavy atom. The van der Waals surface area contributed by atoms with Crippen molar-refractivity contribution in [3.8, 4) is 10.8 Å². The van der Waals surface area contributed by atoms with Gasteiger partial charge in [0.05, 0.1) is 12.0 Å². The summed E-state index contributed by atoms with van der Waals surface area (Å²) in [6, 6.07) is 3.85. The van der Waals surface area contributed by atoms with Crippen LogP contribution in [0.4, 0.5) is 0 Å². The molecular formula is C14H19N3OS. The van der Waals surface area contributed by atoms with Crippen LogP contribution in [0.5, 0.6) is 0 Å². The van der Waals surface area contributed by atoms with Gasteiger partial charge >= 0.3 is 0 Å². The predicted octanol–water partition coefficient (Wildman–Crippen LogP) is 2.57. The van der Waals surface area contributed by atoms with Gasteiger partial charge < -0.3 is 10.2 Å². The molecule has 2 aromatic rings. The zero-order chi connectivity index (χ0) is 13.1. The van der Waals surface area contributed by atoms with Crippen LogP contribution in [-0.4, -0.2) is 29.5 Å². The molecule has 0 aliphatic carbocycles. The zero-order valence-electron chi connectivity index (χ0n) is 10.9. The Bertz CT molecular complexity index is 509. The van der Waals surface area contributed by atoms with Crippen molar-refractivity contribution in [1.29, 1.82) is 0 Å². The maximum atomic E-state index is 5.77. The lowest BCUT2D eigenvalue weighted by atomic mass is 9.98. The fraction of sp³-hybridized carbons (Fsp3) is 0.500. The van der Waals surface area contributed by atoms with Gasteiger partial charge in [-0.05, 0) is 44.0 Å². The second-order valence-corrected chi connectivity index (χ2v) is 5.96. The summed E-state index contributed by atoms with van der Waals surface area (Å²) in [6.07, 6.45) is 4.20. The van der Waals surface area contributed by atoms with Gasteiger partial charge in [-0.25, -0.2) is 4.98 Å². The Balaban J connectivity index is 1.64. The van der Waals surface area contributed by atoms with Crippen LogP contribution in [0.2, 0.25) is 0 Å². The highest BCUT2D eigenvalue weighted by molar-refractivity contribution is 7.13. The molecule has 1 aliphatic rings. The van der Waals surface area contributed by atoms with E-state index in [1.165, 1.54) is 12.8 Å². The predicted molar refractivity (Wildman–Crippen MR) is 76.9 cm³/mol. The van der Waals surface area contributed by atoms with E-state index in [9.17, 15) is 0 Å². The van der Waals surface area contributed by atoms with E-state index < -0.39 is 0 Å². The fourth-order valence-corrected chi connectivity index (χ4v) is 3.39. The molecule has 1 fully saturated rings. The second kappa shape index (κ2) is 5.86. The standard InChI is InChI=1S/C14H19N3OS/c15-7-11-3-1-5-17(8-11)9-12-10-19-14(16-12)13-4-2-6-18-13/h2,4,6,10-11H,1,3,5,7-9,15H2. The van der Waals surface area contributed by atoms with Crippen molar-refractivity contribution in [2.45, 2.75) is 19.4 Å². The lowest BCUT2D eigenvalue weighted by Crippen LogP contribution is -2.37. The first kappa shape index (κ1) is 12.8. The Kier molecular flexibility index (Phi) is 3.96. The minimum absolute atomic E-state index is 0.650. The SMILES string of the molecule is NCC1CCCN(Cc2csc(-c3ccco3)n2)C1. The second-order valence-electron chi connectivity index (χ2n) is 5.10. The van der Waals surface area contributed by atoms with Crippen LogP contribution in [0, 0.1) is 5.92 Å². The van der Waals surface area contributed by atoms with Crippen LogP contribution in [0.25, 0.3) is 10.8 Å². The van der Waals surface area contributed by atoms with Crippen LogP contribution in [0.1, 0.15) is 18.5 Å². The molecular weight excluding hydrogens is 258 g/mol. The lowest BCUT2D eigenvalue weighted by molar-refractivity contribution is 0.169. The minimum atomic E-state index is 0.650. The van der Waals surface area contributed by atoms with Crippen molar-refractivity contribution < 1.29 is 4.42 Å². The molecule has 1 atom stereocenters. The highest BCUT2D eigenvalue weighted by atomic mass is 32.1. The summed E-state index contributed by atoms with van der Waals surface area (Å²) in [5.41, 5.74) is 6.91. The van der Waals surface area contributed by atoms with Gasteiger partial charge in [0.1, 0.15) is 0 Å². The Morgan fingerprint density at radius 2 is 2.47 bits per heavy atom. The first-order valence-corrected chi connectivity index (χ1v) is 7.64. The maximum absolute atomic E-state index is 5.77. The van der Waals surface area contributed by atoms with Gasteiger partial charge in [-0.3, -0.25) is 4.90 Å². The number of furan rings is 1. The third-order valence-electron chi connectivity index (χ3n) is 3.61. The number of nitrogens with two attached hydrogens (primary N) is 1. The maximum Gasteiger partial charge on any atom is 0.162 e. The number of nitrogens with zero attached hydrogens (tertiary/aromatic N) is 2. The molecule has 2 aromatic heterocycles. The third-order valence-corrected chi connectivity index (χ3v) is 4.51. The number of piperidine rings is 1. The topological polar surface area (TPSA) is 55.3 Å². The average molecular weight is 277 g/mol. The molecule has 3 heterocycles. The average Bonchev–Trinajstić information content (AvgIpc) is 3.09. The number of thiazole rings is 1. The van der Waals surface area contributed by atoms with Crippen molar-refractivity contribution in [3.05, 3.63) is 29.5 Å². The summed E-state index contributed by atoms with van der Waals surface area (Å²) in [7, 11) is 0. The van der Waals surface area contributed by atoms with E-state index in [0.717, 1.165) is 42.6 Å². The van der Waals surface area contributed by atoms with Gasteiger partial charge in [0.15, 0.2) is 10.8 Å². The number of aromatic nitrogens is 1. The Morgan fingerprint density at radius 1 is 1.53 bits per heavy atom. The monoisotopic (exact) mass is 277 g/mol. The number of hydrogen-bond acceptors (Lipinski definition) is 5. The van der Waals surface area contributed by atoms with E-state index in [0.29, 0.717) is 5.92 Å². The van der Waals surface area contributed by atoms with Gasteiger partial charge in [-0.2, -0.15) is 0 Å². The normalized spacial score (nSPS) is 20.8. The smallest absolute Gasteiger partial charge is 0.162 e. The molecule has 0 spiro atoms. The highest BCUT2D eigenvalue weighted by Crippen LogP contribution is 2.25. The molecule has 4 nitrogen and oxygen atoms in total. The first-order valence-electron chi connectivity index (χ1n) is 6.76. The molecule has 0 bridgehead atoms. The largest absolute Gasteiger partial charge is 0.462 e. The molecule has 19 heavy (non-hydrogen) atoms. The Hall–Kier alpha value is -1.17. The summed E-state index contributed by atoms with van der Waals surface area (Å²) in [5, 5.41) is 3.09. The van der Waals surface area contributed by atoms with Crippen LogP contribution >= 0.6 is 11.3 Å². The van der Waals surface area contributed by atoms with Gasteiger partial charge in [0.2, 0.25) is 0 Å².